The second kappa shape index (κ2) is 5.24. The Kier molecular flexibility index (Phi) is 3.28. The van der Waals surface area contributed by atoms with Crippen molar-refractivity contribution in [3.63, 3.8) is 0 Å². The lowest BCUT2D eigenvalue weighted by molar-refractivity contribution is -0.138. The van der Waals surface area contributed by atoms with Crippen LogP contribution in [0.2, 0.25) is 0 Å². The van der Waals surface area contributed by atoms with Gasteiger partial charge in [-0.2, -0.15) is 0 Å². The first-order valence-electron chi connectivity index (χ1n) is 6.42. The molecular weight excluding hydrogens is 256 g/mol. The molecule has 6 nitrogen and oxygen atoms in total. The minimum atomic E-state index is -0.333. The number of nitrogens with zero attached hydrogens (tertiary/aromatic N) is 3. The predicted octanol–water partition coefficient (Wildman–Crippen LogP) is 1.57. The number of aryl methyl sites for hydroxylation is 1. The van der Waals surface area contributed by atoms with Gasteiger partial charge in [-0.25, -0.2) is 14.8 Å². The average molecular weight is 270 g/mol. The third kappa shape index (κ3) is 2.59. The zero-order chi connectivity index (χ0) is 13.9. The van der Waals surface area contributed by atoms with Gasteiger partial charge in [0.2, 0.25) is 0 Å². The minimum Gasteiger partial charge on any atom is -0.464 e. The first-order valence-corrected chi connectivity index (χ1v) is 6.42. The van der Waals surface area contributed by atoms with Gasteiger partial charge in [0.1, 0.15) is 17.6 Å². The summed E-state index contributed by atoms with van der Waals surface area (Å²) in [5, 5.41) is 3.09. The molecule has 1 aliphatic heterocycles. The number of nitrogens with one attached hydrogen (secondary N) is 1. The van der Waals surface area contributed by atoms with Crippen molar-refractivity contribution in [2.75, 3.05) is 11.9 Å². The number of cyclic esters (lactones) is 1. The molecule has 0 bridgehead atoms. The molecule has 0 aliphatic carbocycles. The highest BCUT2D eigenvalue weighted by atomic mass is 16.5. The molecule has 0 radical (unpaired) electrons. The monoisotopic (exact) mass is 270 g/mol. The van der Waals surface area contributed by atoms with Gasteiger partial charge < -0.3 is 10.1 Å². The fraction of sp³-hybridized carbons (Fsp3) is 0.286. The lowest BCUT2D eigenvalue weighted by atomic mass is 10.2. The quantitative estimate of drug-likeness (QED) is 0.853. The highest BCUT2D eigenvalue weighted by Crippen LogP contribution is 2.18. The molecule has 3 rings (SSSR count). The summed E-state index contributed by atoms with van der Waals surface area (Å²) in [6.45, 7) is 2.33. The van der Waals surface area contributed by atoms with Gasteiger partial charge in [0, 0.05) is 24.4 Å². The van der Waals surface area contributed by atoms with Gasteiger partial charge >= 0.3 is 5.97 Å². The number of anilines is 1. The summed E-state index contributed by atoms with van der Waals surface area (Å²) >= 11 is 0. The molecule has 0 spiro atoms. The largest absolute Gasteiger partial charge is 0.464 e. The predicted molar refractivity (Wildman–Crippen MR) is 73.0 cm³/mol. The van der Waals surface area contributed by atoms with Crippen molar-refractivity contribution in [1.82, 2.24) is 15.0 Å². The molecule has 6 heteroatoms. The van der Waals surface area contributed by atoms with Gasteiger partial charge in [0.25, 0.3) is 0 Å². The maximum absolute atomic E-state index is 11.5. The van der Waals surface area contributed by atoms with E-state index < -0.39 is 0 Å². The Labute approximate surface area is 116 Å². The zero-order valence-electron chi connectivity index (χ0n) is 11.0. The number of carbonyl (C=O) groups excluding carboxylic acids is 1. The number of ether oxygens (including phenoxy) is 1. The number of carbonyl (C=O) groups is 1. The standard InChI is InChI=1S/C14H14N4O2/c1-9-8-12(17-11-5-7-20-14(11)19)18-13(16-9)10-4-2-3-6-15-10/h2-4,6,8,11H,5,7H2,1H3,(H,16,17,18)/t11-/m0/s1. The average Bonchev–Trinajstić information content (AvgIpc) is 2.85. The molecule has 0 unspecified atom stereocenters. The van der Waals surface area contributed by atoms with E-state index in [9.17, 15) is 4.79 Å². The minimum absolute atomic E-state index is 0.236. The number of hydrogen-bond donors (Lipinski definition) is 1. The van der Waals surface area contributed by atoms with E-state index in [0.717, 1.165) is 5.69 Å². The summed E-state index contributed by atoms with van der Waals surface area (Å²) in [7, 11) is 0. The maximum atomic E-state index is 11.5. The molecule has 3 heterocycles. The topological polar surface area (TPSA) is 77.0 Å². The van der Waals surface area contributed by atoms with Crippen molar-refractivity contribution < 1.29 is 9.53 Å². The van der Waals surface area contributed by atoms with Crippen LogP contribution < -0.4 is 5.32 Å². The summed E-state index contributed by atoms with van der Waals surface area (Å²) in [6.07, 6.45) is 2.35. The van der Waals surface area contributed by atoms with Crippen LogP contribution in [0.3, 0.4) is 0 Å². The molecule has 2 aromatic rings. The van der Waals surface area contributed by atoms with Gasteiger partial charge in [0.15, 0.2) is 5.82 Å². The van der Waals surface area contributed by atoms with Gasteiger partial charge in [0.05, 0.1) is 6.61 Å². The number of esters is 1. The zero-order valence-corrected chi connectivity index (χ0v) is 11.0. The third-order valence-corrected chi connectivity index (χ3v) is 3.01. The highest BCUT2D eigenvalue weighted by Gasteiger charge is 2.26. The Morgan fingerprint density at radius 2 is 2.25 bits per heavy atom. The van der Waals surface area contributed by atoms with Gasteiger partial charge in [-0.15, -0.1) is 0 Å². The first-order chi connectivity index (χ1) is 9.72. The summed E-state index contributed by atoms with van der Waals surface area (Å²) in [6, 6.07) is 7.05. The van der Waals surface area contributed by atoms with Crippen LogP contribution in [-0.2, 0) is 9.53 Å². The van der Waals surface area contributed by atoms with Gasteiger partial charge in [-0.3, -0.25) is 4.98 Å². The molecule has 1 atom stereocenters. The van der Waals surface area contributed by atoms with E-state index in [4.69, 9.17) is 4.74 Å². The van der Waals surface area contributed by atoms with Crippen LogP contribution in [0.15, 0.2) is 30.5 Å². The number of hydrogen-bond acceptors (Lipinski definition) is 6. The molecule has 1 N–H and O–H groups in total. The molecule has 2 aromatic heterocycles. The molecule has 1 fully saturated rings. The van der Waals surface area contributed by atoms with Gasteiger partial charge in [-0.05, 0) is 19.1 Å². The fourth-order valence-corrected chi connectivity index (χ4v) is 2.06. The van der Waals surface area contributed by atoms with Crippen molar-refractivity contribution in [2.45, 2.75) is 19.4 Å². The molecule has 1 saturated heterocycles. The number of rotatable bonds is 3. The van der Waals surface area contributed by atoms with E-state index in [1.807, 2.05) is 25.1 Å². The molecule has 0 saturated carbocycles. The molecular formula is C14H14N4O2. The van der Waals surface area contributed by atoms with Crippen LogP contribution in [0.1, 0.15) is 12.1 Å². The van der Waals surface area contributed by atoms with Crippen LogP contribution >= 0.6 is 0 Å². The van der Waals surface area contributed by atoms with Crippen LogP contribution in [0.4, 0.5) is 5.82 Å². The fourth-order valence-electron chi connectivity index (χ4n) is 2.06. The summed E-state index contributed by atoms with van der Waals surface area (Å²) < 4.78 is 4.93. The van der Waals surface area contributed by atoms with E-state index in [0.29, 0.717) is 30.4 Å². The summed E-state index contributed by atoms with van der Waals surface area (Å²) in [5.74, 6) is 0.919. The molecule has 0 aromatic carbocycles. The molecule has 0 amide bonds. The van der Waals surface area contributed by atoms with Crippen LogP contribution in [0.25, 0.3) is 11.5 Å². The number of pyridine rings is 1. The number of aromatic nitrogens is 3. The second-order valence-corrected chi connectivity index (χ2v) is 4.59. The summed E-state index contributed by atoms with van der Waals surface area (Å²) in [5.41, 5.74) is 1.52. The highest BCUT2D eigenvalue weighted by molar-refractivity contribution is 5.80. The van der Waals surface area contributed by atoms with Crippen molar-refractivity contribution in [3.05, 3.63) is 36.2 Å². The Morgan fingerprint density at radius 3 is 2.95 bits per heavy atom. The molecule has 102 valence electrons. The van der Waals surface area contributed by atoms with E-state index in [2.05, 4.69) is 20.3 Å². The Bertz CT molecular complexity index is 630. The van der Waals surface area contributed by atoms with Gasteiger partial charge in [-0.1, -0.05) is 6.07 Å². The smallest absolute Gasteiger partial charge is 0.328 e. The van der Waals surface area contributed by atoms with Crippen molar-refractivity contribution >= 4 is 11.8 Å². The Balaban J connectivity index is 1.89. The van der Waals surface area contributed by atoms with Crippen LogP contribution in [-0.4, -0.2) is 33.6 Å². The Hall–Kier alpha value is -2.50. The van der Waals surface area contributed by atoms with Crippen molar-refractivity contribution in [3.8, 4) is 11.5 Å². The SMILES string of the molecule is Cc1cc(N[C@H]2CCOC2=O)nc(-c2ccccn2)n1. The maximum Gasteiger partial charge on any atom is 0.328 e. The third-order valence-electron chi connectivity index (χ3n) is 3.01. The first kappa shape index (κ1) is 12.5. The molecule has 20 heavy (non-hydrogen) atoms. The van der Waals surface area contributed by atoms with Crippen LogP contribution in [0.5, 0.6) is 0 Å². The van der Waals surface area contributed by atoms with Crippen molar-refractivity contribution in [2.24, 2.45) is 0 Å². The summed E-state index contributed by atoms with van der Waals surface area (Å²) in [4.78, 5) is 24.5. The lowest BCUT2D eigenvalue weighted by Gasteiger charge is -2.11. The van der Waals surface area contributed by atoms with E-state index in [1.165, 1.54) is 0 Å². The molecule has 1 aliphatic rings. The van der Waals surface area contributed by atoms with Crippen LogP contribution in [0, 0.1) is 6.92 Å². The normalized spacial score (nSPS) is 17.9. The lowest BCUT2D eigenvalue weighted by Crippen LogP contribution is -2.25. The Morgan fingerprint density at radius 1 is 1.35 bits per heavy atom. The van der Waals surface area contributed by atoms with E-state index in [-0.39, 0.29) is 12.0 Å². The second-order valence-electron chi connectivity index (χ2n) is 4.59. The van der Waals surface area contributed by atoms with E-state index >= 15 is 0 Å². The van der Waals surface area contributed by atoms with Crippen molar-refractivity contribution in [1.29, 1.82) is 0 Å². The van der Waals surface area contributed by atoms with E-state index in [1.54, 1.807) is 12.3 Å².